The summed E-state index contributed by atoms with van der Waals surface area (Å²) in [4.78, 5) is 8.06. The second-order valence-electron chi connectivity index (χ2n) is 3.31. The van der Waals surface area contributed by atoms with Crippen LogP contribution in [0.4, 0.5) is 18.9 Å². The number of nitro benzene ring substituents is 1. The van der Waals surface area contributed by atoms with Gasteiger partial charge in [0.15, 0.2) is 0 Å². The number of hydrogen-bond acceptors (Lipinski definition) is 3. The summed E-state index contributed by atoms with van der Waals surface area (Å²) in [6.07, 6.45) is -4.51. The van der Waals surface area contributed by atoms with Gasteiger partial charge in [0.1, 0.15) is 11.4 Å². The topological polar surface area (TPSA) is 52.4 Å². The second kappa shape index (κ2) is 6.27. The zero-order valence-corrected chi connectivity index (χ0v) is 12.8. The summed E-state index contributed by atoms with van der Waals surface area (Å²) < 4.78 is 41.8. The molecule has 0 saturated heterocycles. The maximum Gasteiger partial charge on any atom is 0.404 e. The minimum Gasteiger partial charge on any atom is -0.484 e. The molecule has 4 nitrogen and oxygen atoms in total. The van der Waals surface area contributed by atoms with E-state index in [1.54, 1.807) is 0 Å². The van der Waals surface area contributed by atoms with Gasteiger partial charge in [-0.05, 0) is 22.0 Å². The first-order valence-corrected chi connectivity index (χ1v) is 6.68. The van der Waals surface area contributed by atoms with E-state index in [0.29, 0.717) is 0 Å². The first kappa shape index (κ1) is 16.5. The van der Waals surface area contributed by atoms with Crippen molar-refractivity contribution < 1.29 is 22.8 Å². The van der Waals surface area contributed by atoms with Gasteiger partial charge in [0.05, 0.1) is 9.40 Å². The van der Waals surface area contributed by atoms with Gasteiger partial charge in [-0.3, -0.25) is 10.1 Å². The van der Waals surface area contributed by atoms with E-state index in [-0.39, 0.29) is 15.2 Å². The minimum atomic E-state index is -4.51. The second-order valence-corrected chi connectivity index (χ2v) is 5.71. The Morgan fingerprint density at radius 2 is 2.05 bits per heavy atom. The van der Waals surface area contributed by atoms with Gasteiger partial charge in [-0.15, -0.1) is 0 Å². The Morgan fingerprint density at radius 1 is 1.47 bits per heavy atom. The van der Waals surface area contributed by atoms with E-state index in [0.717, 1.165) is 6.07 Å². The molecule has 1 rings (SSSR count). The summed E-state index contributed by atoms with van der Waals surface area (Å²) in [7, 11) is 0. The van der Waals surface area contributed by atoms with E-state index in [1.165, 1.54) is 6.07 Å². The van der Waals surface area contributed by atoms with Crippen LogP contribution in [0.3, 0.4) is 0 Å². The zero-order chi connectivity index (χ0) is 14.8. The Balaban J connectivity index is 2.98. The normalized spacial score (nSPS) is 13.2. The molecule has 0 aliphatic rings. The number of nitrogens with zero attached hydrogens (tertiary/aromatic N) is 1. The molecule has 1 atom stereocenters. The van der Waals surface area contributed by atoms with Crippen LogP contribution < -0.4 is 4.74 Å². The van der Waals surface area contributed by atoms with Crippen molar-refractivity contribution in [3.8, 4) is 5.75 Å². The van der Waals surface area contributed by atoms with Crippen LogP contribution in [0.5, 0.6) is 5.75 Å². The molecule has 106 valence electrons. The van der Waals surface area contributed by atoms with Crippen LogP contribution in [-0.4, -0.2) is 22.5 Å². The predicted octanol–water partition coefficient (Wildman–Crippen LogP) is 4.72. The number of halogens is 6. The van der Waals surface area contributed by atoms with Crippen LogP contribution in [-0.2, 0) is 0 Å². The smallest absolute Gasteiger partial charge is 0.404 e. The number of hydrogen-bond donors (Lipinski definition) is 0. The van der Waals surface area contributed by atoms with Crippen molar-refractivity contribution in [1.29, 1.82) is 0 Å². The maximum absolute atomic E-state index is 12.3. The van der Waals surface area contributed by atoms with Crippen molar-refractivity contribution in [2.24, 2.45) is 0 Å². The lowest BCUT2D eigenvalue weighted by Gasteiger charge is -2.15. The van der Waals surface area contributed by atoms with Crippen LogP contribution in [0.1, 0.15) is 0 Å². The van der Waals surface area contributed by atoms with Gasteiger partial charge in [0, 0.05) is 11.1 Å². The minimum absolute atomic E-state index is 0.0668. The van der Waals surface area contributed by atoms with Crippen LogP contribution in [0.2, 0.25) is 5.02 Å². The predicted molar refractivity (Wildman–Crippen MR) is 70.1 cm³/mol. The number of nitro groups is 1. The molecule has 1 aromatic rings. The molecule has 0 saturated carbocycles. The molecule has 0 aromatic heterocycles. The highest BCUT2D eigenvalue weighted by Crippen LogP contribution is 2.38. The molecular formula is C9H5Br2ClF3NO3. The molecule has 0 aliphatic carbocycles. The maximum atomic E-state index is 12.3. The monoisotopic (exact) mass is 425 g/mol. The van der Waals surface area contributed by atoms with Crippen LogP contribution in [0, 0.1) is 10.1 Å². The summed E-state index contributed by atoms with van der Waals surface area (Å²) in [5, 5.41) is 10.8. The molecule has 0 fully saturated rings. The Morgan fingerprint density at radius 3 is 2.53 bits per heavy atom. The van der Waals surface area contributed by atoms with Crippen LogP contribution in [0.25, 0.3) is 0 Å². The quantitative estimate of drug-likeness (QED) is 0.397. The largest absolute Gasteiger partial charge is 0.484 e. The summed E-state index contributed by atoms with van der Waals surface area (Å²) in [5.74, 6) is -0.303. The van der Waals surface area contributed by atoms with E-state index in [4.69, 9.17) is 16.3 Å². The Hall–Kier alpha value is -0.540. The number of ether oxygens (including phenoxy) is 1. The van der Waals surface area contributed by atoms with Gasteiger partial charge < -0.3 is 4.74 Å². The molecule has 0 aliphatic heterocycles. The average Bonchev–Trinajstić information content (AvgIpc) is 2.24. The molecule has 1 aromatic carbocycles. The molecule has 1 unspecified atom stereocenters. The Kier molecular flexibility index (Phi) is 5.45. The average molecular weight is 427 g/mol. The molecule has 19 heavy (non-hydrogen) atoms. The fourth-order valence-electron chi connectivity index (χ4n) is 1.08. The van der Waals surface area contributed by atoms with E-state index < -0.39 is 28.2 Å². The molecule has 0 bridgehead atoms. The van der Waals surface area contributed by atoms with Gasteiger partial charge in [0.25, 0.3) is 0 Å². The van der Waals surface area contributed by atoms with Gasteiger partial charge in [-0.25, -0.2) is 0 Å². The molecule has 0 N–H and O–H groups in total. The lowest BCUT2D eigenvalue weighted by molar-refractivity contribution is -0.386. The summed E-state index contributed by atoms with van der Waals surface area (Å²) in [6.45, 7) is -0.801. The highest BCUT2D eigenvalue weighted by molar-refractivity contribution is 9.10. The van der Waals surface area contributed by atoms with Crippen molar-refractivity contribution in [2.75, 3.05) is 6.61 Å². The number of rotatable bonds is 4. The van der Waals surface area contributed by atoms with Gasteiger partial charge in [0.2, 0.25) is 5.75 Å². The highest BCUT2D eigenvalue weighted by atomic mass is 79.9. The Labute approximate surface area is 127 Å². The number of alkyl halides is 4. The fourth-order valence-corrected chi connectivity index (χ4v) is 2.12. The first-order chi connectivity index (χ1) is 8.62. The van der Waals surface area contributed by atoms with Gasteiger partial charge in [-0.2, -0.15) is 13.2 Å². The summed E-state index contributed by atoms with van der Waals surface area (Å²) in [6, 6.07) is 2.29. The van der Waals surface area contributed by atoms with Crippen molar-refractivity contribution in [2.45, 2.75) is 11.0 Å². The number of benzene rings is 1. The molecule has 0 radical (unpaired) electrons. The van der Waals surface area contributed by atoms with Crippen molar-refractivity contribution in [3.63, 3.8) is 0 Å². The van der Waals surface area contributed by atoms with Crippen molar-refractivity contribution >= 4 is 49.1 Å². The van der Waals surface area contributed by atoms with Gasteiger partial charge >= 0.3 is 11.9 Å². The van der Waals surface area contributed by atoms with Crippen LogP contribution in [0.15, 0.2) is 16.6 Å². The van der Waals surface area contributed by atoms with E-state index in [9.17, 15) is 23.3 Å². The van der Waals surface area contributed by atoms with Crippen molar-refractivity contribution in [1.82, 2.24) is 0 Å². The van der Waals surface area contributed by atoms with Gasteiger partial charge in [-0.1, -0.05) is 27.5 Å². The molecular weight excluding hydrogens is 422 g/mol. The van der Waals surface area contributed by atoms with E-state index >= 15 is 0 Å². The standard InChI is InChI=1S/C9H5Br2ClF3NO3/c10-5-1-4(12)2-6(16(17)18)8(5)19-3-7(11)9(13,14)15/h1-2,7H,3H2. The zero-order valence-electron chi connectivity index (χ0n) is 8.88. The summed E-state index contributed by atoms with van der Waals surface area (Å²) >= 11 is 11.0. The highest BCUT2D eigenvalue weighted by Gasteiger charge is 2.38. The molecule has 0 spiro atoms. The van der Waals surface area contributed by atoms with Crippen LogP contribution >= 0.6 is 43.5 Å². The lowest BCUT2D eigenvalue weighted by Crippen LogP contribution is -2.29. The molecule has 0 amide bonds. The van der Waals surface area contributed by atoms with E-state index in [1.807, 2.05) is 0 Å². The molecule has 10 heteroatoms. The SMILES string of the molecule is O=[N+]([O-])c1cc(Cl)cc(Br)c1OCC(Br)C(F)(F)F. The first-order valence-electron chi connectivity index (χ1n) is 4.60. The third kappa shape index (κ3) is 4.50. The summed E-state index contributed by atoms with van der Waals surface area (Å²) in [5.41, 5.74) is -0.513. The Bertz CT molecular complexity index is 498. The third-order valence-corrected chi connectivity index (χ3v) is 3.51. The van der Waals surface area contributed by atoms with E-state index in [2.05, 4.69) is 31.9 Å². The van der Waals surface area contributed by atoms with Crippen molar-refractivity contribution in [3.05, 3.63) is 31.7 Å². The molecule has 0 heterocycles. The fraction of sp³-hybridized carbons (Fsp3) is 0.333. The third-order valence-electron chi connectivity index (χ3n) is 1.91. The lowest BCUT2D eigenvalue weighted by atomic mass is 10.3.